The SMILES string of the molecule is Cc1c(NC(=O)[C@@H]2CC[C@H](C(=O)O)C2)c(=O)n(-c2ccccc2)n1C. The van der Waals surface area contributed by atoms with Gasteiger partial charge < -0.3 is 10.4 Å². The van der Waals surface area contributed by atoms with Gasteiger partial charge >= 0.3 is 5.97 Å². The number of para-hydroxylation sites is 1. The molecule has 2 N–H and O–H groups in total. The number of anilines is 1. The first-order valence-corrected chi connectivity index (χ1v) is 8.28. The van der Waals surface area contributed by atoms with Gasteiger partial charge in [0.25, 0.3) is 5.56 Å². The molecule has 2 atom stereocenters. The molecule has 1 saturated carbocycles. The maximum absolute atomic E-state index is 12.8. The van der Waals surface area contributed by atoms with Crippen LogP contribution in [-0.2, 0) is 16.6 Å². The summed E-state index contributed by atoms with van der Waals surface area (Å²) in [6.45, 7) is 1.77. The Labute approximate surface area is 144 Å². The molecule has 1 fully saturated rings. The van der Waals surface area contributed by atoms with Crippen LogP contribution in [-0.4, -0.2) is 26.3 Å². The minimum absolute atomic E-state index is 0.245. The van der Waals surface area contributed by atoms with Crippen molar-refractivity contribution in [2.45, 2.75) is 26.2 Å². The lowest BCUT2D eigenvalue weighted by atomic mass is 10.0. The van der Waals surface area contributed by atoms with Crippen molar-refractivity contribution in [3.8, 4) is 5.69 Å². The average Bonchev–Trinajstić information content (AvgIpc) is 3.16. The molecule has 25 heavy (non-hydrogen) atoms. The minimum Gasteiger partial charge on any atom is -0.481 e. The van der Waals surface area contributed by atoms with Crippen molar-refractivity contribution in [1.29, 1.82) is 0 Å². The molecule has 1 aliphatic carbocycles. The second-order valence-electron chi connectivity index (χ2n) is 6.47. The molecule has 3 rings (SSSR count). The van der Waals surface area contributed by atoms with Crippen molar-refractivity contribution in [3.05, 3.63) is 46.4 Å². The number of aliphatic carboxylic acids is 1. The van der Waals surface area contributed by atoms with Crippen LogP contribution in [0.5, 0.6) is 0 Å². The normalized spacial score (nSPS) is 19.8. The smallest absolute Gasteiger partial charge is 0.306 e. The molecule has 1 aromatic heterocycles. The number of rotatable bonds is 4. The molecule has 1 amide bonds. The first-order chi connectivity index (χ1) is 11.9. The second-order valence-corrected chi connectivity index (χ2v) is 6.47. The van der Waals surface area contributed by atoms with Gasteiger partial charge in [-0.15, -0.1) is 0 Å². The highest BCUT2D eigenvalue weighted by atomic mass is 16.4. The first kappa shape index (κ1) is 17.0. The summed E-state index contributed by atoms with van der Waals surface area (Å²) < 4.78 is 3.20. The molecule has 0 spiro atoms. The number of nitrogens with zero attached hydrogens (tertiary/aromatic N) is 2. The Kier molecular flexibility index (Phi) is 4.48. The molecule has 132 valence electrons. The van der Waals surface area contributed by atoms with Gasteiger partial charge in [-0.1, -0.05) is 18.2 Å². The standard InChI is InChI=1S/C18H21N3O4/c1-11-15(19-16(22)12-8-9-13(10-12)18(24)25)17(23)21(20(11)2)14-6-4-3-5-7-14/h3-7,12-13H,8-10H2,1-2H3,(H,19,22)(H,24,25)/t12-,13+/m1/s1. The van der Waals surface area contributed by atoms with Crippen LogP contribution in [0.3, 0.4) is 0 Å². The van der Waals surface area contributed by atoms with E-state index in [-0.39, 0.29) is 23.1 Å². The summed E-state index contributed by atoms with van der Waals surface area (Å²) in [5.41, 5.74) is 1.31. The van der Waals surface area contributed by atoms with Gasteiger partial charge in [0.05, 0.1) is 17.3 Å². The summed E-state index contributed by atoms with van der Waals surface area (Å²) in [5.74, 6) is -1.99. The van der Waals surface area contributed by atoms with Crippen LogP contribution in [0.25, 0.3) is 5.69 Å². The van der Waals surface area contributed by atoms with E-state index in [0.717, 1.165) is 0 Å². The van der Waals surface area contributed by atoms with Crippen LogP contribution in [0.15, 0.2) is 35.1 Å². The van der Waals surface area contributed by atoms with Gasteiger partial charge in [0.1, 0.15) is 5.69 Å². The molecule has 1 aromatic carbocycles. The van der Waals surface area contributed by atoms with Gasteiger partial charge in [0.2, 0.25) is 5.91 Å². The molecule has 0 unspecified atom stereocenters. The third-order valence-electron chi connectivity index (χ3n) is 4.96. The summed E-state index contributed by atoms with van der Waals surface area (Å²) in [6.07, 6.45) is 1.34. The fraction of sp³-hybridized carbons (Fsp3) is 0.389. The van der Waals surface area contributed by atoms with E-state index in [1.807, 2.05) is 30.3 Å². The number of nitrogens with one attached hydrogen (secondary N) is 1. The van der Waals surface area contributed by atoms with Gasteiger partial charge in [0, 0.05) is 13.0 Å². The maximum atomic E-state index is 12.8. The largest absolute Gasteiger partial charge is 0.481 e. The van der Waals surface area contributed by atoms with E-state index in [9.17, 15) is 14.4 Å². The minimum atomic E-state index is -0.863. The third-order valence-corrected chi connectivity index (χ3v) is 4.96. The summed E-state index contributed by atoms with van der Waals surface area (Å²) in [4.78, 5) is 36.3. The van der Waals surface area contributed by atoms with Crippen LogP contribution in [0.4, 0.5) is 5.69 Å². The van der Waals surface area contributed by atoms with Gasteiger partial charge in [-0.3, -0.25) is 19.1 Å². The van der Waals surface area contributed by atoms with Crippen molar-refractivity contribution < 1.29 is 14.7 Å². The maximum Gasteiger partial charge on any atom is 0.306 e. The Hall–Kier alpha value is -2.83. The van der Waals surface area contributed by atoms with Gasteiger partial charge in [0.15, 0.2) is 0 Å². The van der Waals surface area contributed by atoms with Crippen molar-refractivity contribution in [2.75, 3.05) is 5.32 Å². The molecule has 0 radical (unpaired) electrons. The Bertz CT molecular complexity index is 866. The molecule has 1 aliphatic rings. The van der Waals surface area contributed by atoms with Gasteiger partial charge in [-0.2, -0.15) is 0 Å². The zero-order chi connectivity index (χ0) is 18.1. The summed E-state index contributed by atoms with van der Waals surface area (Å²) >= 11 is 0. The fourth-order valence-electron chi connectivity index (χ4n) is 3.38. The highest BCUT2D eigenvalue weighted by molar-refractivity contribution is 5.93. The average molecular weight is 343 g/mol. The number of carbonyl (C=O) groups excluding carboxylic acids is 1. The summed E-state index contributed by atoms with van der Waals surface area (Å²) in [7, 11) is 1.76. The Morgan fingerprint density at radius 2 is 1.80 bits per heavy atom. The lowest BCUT2D eigenvalue weighted by Gasteiger charge is -2.09. The van der Waals surface area contributed by atoms with Crippen molar-refractivity contribution >= 4 is 17.6 Å². The van der Waals surface area contributed by atoms with E-state index < -0.39 is 11.9 Å². The molecule has 0 aliphatic heterocycles. The molecule has 7 heteroatoms. The third kappa shape index (κ3) is 3.09. The molecule has 2 aromatic rings. The lowest BCUT2D eigenvalue weighted by Crippen LogP contribution is -2.26. The number of amides is 1. The van der Waals surface area contributed by atoms with E-state index in [1.54, 1.807) is 18.7 Å². The monoisotopic (exact) mass is 343 g/mol. The van der Waals surface area contributed by atoms with Crippen molar-refractivity contribution in [1.82, 2.24) is 9.36 Å². The zero-order valence-corrected chi connectivity index (χ0v) is 14.2. The number of hydrogen-bond donors (Lipinski definition) is 2. The summed E-state index contributed by atoms with van der Waals surface area (Å²) in [5, 5.41) is 11.8. The van der Waals surface area contributed by atoms with Crippen LogP contribution in [0, 0.1) is 18.8 Å². The van der Waals surface area contributed by atoms with Crippen LogP contribution >= 0.6 is 0 Å². The second kappa shape index (κ2) is 6.58. The molecular formula is C18H21N3O4. The lowest BCUT2D eigenvalue weighted by molar-refractivity contribution is -0.141. The number of carboxylic acid groups (broad SMARTS) is 1. The number of carboxylic acids is 1. The Morgan fingerprint density at radius 1 is 1.16 bits per heavy atom. The number of carbonyl (C=O) groups is 2. The van der Waals surface area contributed by atoms with E-state index in [4.69, 9.17) is 5.11 Å². The van der Waals surface area contributed by atoms with Crippen molar-refractivity contribution in [3.63, 3.8) is 0 Å². The van der Waals surface area contributed by atoms with Crippen LogP contribution in [0.2, 0.25) is 0 Å². The predicted octanol–water partition coefficient (Wildman–Crippen LogP) is 1.92. The molecule has 0 saturated heterocycles. The topological polar surface area (TPSA) is 93.3 Å². The predicted molar refractivity (Wildman–Crippen MR) is 92.8 cm³/mol. The zero-order valence-electron chi connectivity index (χ0n) is 14.2. The van der Waals surface area contributed by atoms with E-state index in [0.29, 0.717) is 30.6 Å². The highest BCUT2D eigenvalue weighted by Crippen LogP contribution is 2.32. The van der Waals surface area contributed by atoms with E-state index in [2.05, 4.69) is 5.32 Å². The van der Waals surface area contributed by atoms with Crippen LogP contribution < -0.4 is 10.9 Å². The number of aromatic nitrogens is 2. The molecule has 7 nitrogen and oxygen atoms in total. The number of hydrogen-bond acceptors (Lipinski definition) is 3. The Balaban J connectivity index is 1.86. The van der Waals surface area contributed by atoms with E-state index in [1.165, 1.54) is 4.68 Å². The first-order valence-electron chi connectivity index (χ1n) is 8.28. The van der Waals surface area contributed by atoms with Gasteiger partial charge in [-0.25, -0.2) is 4.68 Å². The van der Waals surface area contributed by atoms with Crippen LogP contribution in [0.1, 0.15) is 25.0 Å². The fourth-order valence-corrected chi connectivity index (χ4v) is 3.38. The molecule has 0 bridgehead atoms. The quantitative estimate of drug-likeness (QED) is 0.887. The van der Waals surface area contributed by atoms with E-state index >= 15 is 0 Å². The molecular weight excluding hydrogens is 322 g/mol. The molecule has 1 heterocycles. The van der Waals surface area contributed by atoms with Crippen molar-refractivity contribution in [2.24, 2.45) is 18.9 Å². The number of benzene rings is 1. The Morgan fingerprint density at radius 3 is 2.40 bits per heavy atom. The van der Waals surface area contributed by atoms with Gasteiger partial charge in [-0.05, 0) is 38.3 Å². The summed E-state index contributed by atoms with van der Waals surface area (Å²) in [6, 6.07) is 9.19. The highest BCUT2D eigenvalue weighted by Gasteiger charge is 2.34.